The maximum absolute atomic E-state index is 9.16. The van der Waals surface area contributed by atoms with Crippen LogP contribution in [0.1, 0.15) is 16.7 Å². The standard InChI is InChI=1S/C14H13N3O2/c15-14(17-19)12-8-6-11(7-9-12)13(16-18)10-4-2-1-3-5-10/h1-9,18-19H,(H2,15,17). The number of hydrogen-bond acceptors (Lipinski definition) is 4. The average Bonchev–Trinajstić information content (AvgIpc) is 2.49. The van der Waals surface area contributed by atoms with Gasteiger partial charge < -0.3 is 16.1 Å². The second-order valence-electron chi connectivity index (χ2n) is 3.88. The molecule has 5 heteroatoms. The zero-order valence-corrected chi connectivity index (χ0v) is 10.1. The molecule has 0 atom stereocenters. The van der Waals surface area contributed by atoms with Gasteiger partial charge in [0.05, 0.1) is 0 Å². The lowest BCUT2D eigenvalue weighted by Crippen LogP contribution is -2.13. The molecule has 19 heavy (non-hydrogen) atoms. The fraction of sp³-hybridized carbons (Fsp3) is 0. The van der Waals surface area contributed by atoms with Crippen molar-refractivity contribution in [2.75, 3.05) is 0 Å². The third-order valence-electron chi connectivity index (χ3n) is 2.71. The second-order valence-corrected chi connectivity index (χ2v) is 3.88. The number of nitrogens with two attached hydrogens (primary N) is 1. The van der Waals surface area contributed by atoms with Crippen LogP contribution in [0.4, 0.5) is 0 Å². The predicted octanol–water partition coefficient (Wildman–Crippen LogP) is 2.01. The summed E-state index contributed by atoms with van der Waals surface area (Å²) in [5, 5.41) is 24.0. The normalized spacial score (nSPS) is 12.4. The first kappa shape index (κ1) is 12.6. The molecular weight excluding hydrogens is 242 g/mol. The van der Waals surface area contributed by atoms with E-state index >= 15 is 0 Å². The molecule has 0 radical (unpaired) electrons. The Morgan fingerprint density at radius 1 is 0.737 bits per heavy atom. The quantitative estimate of drug-likeness (QED) is 0.339. The fourth-order valence-corrected chi connectivity index (χ4v) is 1.73. The van der Waals surface area contributed by atoms with Gasteiger partial charge in [-0.15, -0.1) is 0 Å². The van der Waals surface area contributed by atoms with E-state index in [2.05, 4.69) is 10.3 Å². The van der Waals surface area contributed by atoms with Gasteiger partial charge in [-0.2, -0.15) is 0 Å². The number of nitrogens with zero attached hydrogens (tertiary/aromatic N) is 2. The van der Waals surface area contributed by atoms with Crippen LogP contribution in [0.25, 0.3) is 0 Å². The molecule has 0 bridgehead atoms. The molecule has 0 saturated heterocycles. The maximum atomic E-state index is 9.16. The van der Waals surface area contributed by atoms with Crippen molar-refractivity contribution in [3.63, 3.8) is 0 Å². The molecule has 4 N–H and O–H groups in total. The molecule has 0 aliphatic carbocycles. The van der Waals surface area contributed by atoms with Crippen molar-refractivity contribution in [2.45, 2.75) is 0 Å². The summed E-state index contributed by atoms with van der Waals surface area (Å²) in [6, 6.07) is 16.2. The molecule has 0 saturated carbocycles. The maximum Gasteiger partial charge on any atom is 0.170 e. The molecule has 5 nitrogen and oxygen atoms in total. The van der Waals surface area contributed by atoms with Gasteiger partial charge in [-0.05, 0) is 0 Å². The smallest absolute Gasteiger partial charge is 0.170 e. The number of benzene rings is 2. The Morgan fingerprint density at radius 2 is 1.26 bits per heavy atom. The summed E-state index contributed by atoms with van der Waals surface area (Å²) in [5.74, 6) is 0.0359. The van der Waals surface area contributed by atoms with Gasteiger partial charge in [0.1, 0.15) is 5.71 Å². The number of hydrogen-bond donors (Lipinski definition) is 3. The predicted molar refractivity (Wildman–Crippen MR) is 72.8 cm³/mol. The van der Waals surface area contributed by atoms with Crippen LogP contribution in [0.2, 0.25) is 0 Å². The zero-order valence-electron chi connectivity index (χ0n) is 10.1. The highest BCUT2D eigenvalue weighted by molar-refractivity contribution is 6.12. The van der Waals surface area contributed by atoms with Gasteiger partial charge in [0, 0.05) is 16.7 Å². The summed E-state index contributed by atoms with van der Waals surface area (Å²) in [6.07, 6.45) is 0. The molecule has 2 rings (SSSR count). The van der Waals surface area contributed by atoms with E-state index in [1.165, 1.54) is 0 Å². The van der Waals surface area contributed by atoms with Crippen molar-refractivity contribution in [1.29, 1.82) is 0 Å². The van der Waals surface area contributed by atoms with Crippen LogP contribution in [0.5, 0.6) is 0 Å². The van der Waals surface area contributed by atoms with Crippen LogP contribution in [0, 0.1) is 0 Å². The Morgan fingerprint density at radius 3 is 1.79 bits per heavy atom. The lowest BCUT2D eigenvalue weighted by atomic mass is 10.0. The molecule has 0 spiro atoms. The summed E-state index contributed by atoms with van der Waals surface area (Å²) < 4.78 is 0. The van der Waals surface area contributed by atoms with E-state index in [4.69, 9.17) is 16.1 Å². The Kier molecular flexibility index (Phi) is 3.78. The van der Waals surface area contributed by atoms with E-state index < -0.39 is 0 Å². The first-order valence-electron chi connectivity index (χ1n) is 5.62. The minimum absolute atomic E-state index is 0.0359. The van der Waals surface area contributed by atoms with Gasteiger partial charge in [0.25, 0.3) is 0 Å². The van der Waals surface area contributed by atoms with E-state index in [1.54, 1.807) is 24.3 Å². The molecule has 0 aliphatic heterocycles. The van der Waals surface area contributed by atoms with Crippen molar-refractivity contribution >= 4 is 11.5 Å². The minimum atomic E-state index is 0.0359. The number of oxime groups is 2. The molecule has 0 heterocycles. The van der Waals surface area contributed by atoms with Crippen LogP contribution in [0.3, 0.4) is 0 Å². The largest absolute Gasteiger partial charge is 0.410 e. The molecule has 0 aromatic heterocycles. The van der Waals surface area contributed by atoms with Crippen molar-refractivity contribution in [3.8, 4) is 0 Å². The van der Waals surface area contributed by atoms with Gasteiger partial charge in [-0.1, -0.05) is 64.9 Å². The number of rotatable bonds is 3. The van der Waals surface area contributed by atoms with Crippen molar-refractivity contribution in [1.82, 2.24) is 0 Å². The SMILES string of the molecule is NC(=NO)c1ccc(C(=NO)c2ccccc2)cc1. The van der Waals surface area contributed by atoms with E-state index in [9.17, 15) is 0 Å². The lowest BCUT2D eigenvalue weighted by Gasteiger charge is -2.06. The minimum Gasteiger partial charge on any atom is -0.410 e. The Bertz CT molecular complexity index is 604. The topological polar surface area (TPSA) is 91.2 Å². The Labute approximate surface area is 110 Å². The highest BCUT2D eigenvalue weighted by Gasteiger charge is 2.08. The first-order valence-corrected chi connectivity index (χ1v) is 5.62. The third kappa shape index (κ3) is 2.71. The van der Waals surface area contributed by atoms with Crippen molar-refractivity contribution in [3.05, 3.63) is 71.3 Å². The Hall–Kier alpha value is -2.82. The van der Waals surface area contributed by atoms with Gasteiger partial charge >= 0.3 is 0 Å². The summed E-state index contributed by atoms with van der Waals surface area (Å²) in [7, 11) is 0. The van der Waals surface area contributed by atoms with Crippen LogP contribution in [-0.2, 0) is 0 Å². The van der Waals surface area contributed by atoms with Gasteiger partial charge in [-0.3, -0.25) is 0 Å². The molecule has 0 fully saturated rings. The van der Waals surface area contributed by atoms with E-state index in [0.29, 0.717) is 11.3 Å². The molecule has 0 aliphatic rings. The third-order valence-corrected chi connectivity index (χ3v) is 2.71. The van der Waals surface area contributed by atoms with Gasteiger partial charge in [0.2, 0.25) is 0 Å². The van der Waals surface area contributed by atoms with E-state index in [-0.39, 0.29) is 5.84 Å². The highest BCUT2D eigenvalue weighted by atomic mass is 16.4. The van der Waals surface area contributed by atoms with Crippen LogP contribution in [-0.4, -0.2) is 22.0 Å². The van der Waals surface area contributed by atoms with Crippen LogP contribution >= 0.6 is 0 Å². The van der Waals surface area contributed by atoms with E-state index in [1.807, 2.05) is 30.3 Å². The molecule has 0 amide bonds. The zero-order chi connectivity index (χ0) is 13.7. The highest BCUT2D eigenvalue weighted by Crippen LogP contribution is 2.12. The first-order chi connectivity index (χ1) is 9.26. The molecule has 0 unspecified atom stereocenters. The van der Waals surface area contributed by atoms with Crippen LogP contribution in [0.15, 0.2) is 64.9 Å². The monoisotopic (exact) mass is 255 g/mol. The average molecular weight is 255 g/mol. The van der Waals surface area contributed by atoms with Crippen molar-refractivity contribution < 1.29 is 10.4 Å². The molecule has 96 valence electrons. The molecule has 2 aromatic rings. The lowest BCUT2D eigenvalue weighted by molar-refractivity contribution is 0.318. The Balaban J connectivity index is 2.36. The molecule has 2 aromatic carbocycles. The summed E-state index contributed by atoms with van der Waals surface area (Å²) in [4.78, 5) is 0. The van der Waals surface area contributed by atoms with Crippen molar-refractivity contribution in [2.24, 2.45) is 16.0 Å². The van der Waals surface area contributed by atoms with Crippen LogP contribution < -0.4 is 5.73 Å². The van der Waals surface area contributed by atoms with Gasteiger partial charge in [0.15, 0.2) is 5.84 Å². The second kappa shape index (κ2) is 5.68. The summed E-state index contributed by atoms with van der Waals surface area (Å²) in [5.41, 5.74) is 8.09. The number of amidine groups is 1. The molecular formula is C14H13N3O2. The van der Waals surface area contributed by atoms with Gasteiger partial charge in [-0.25, -0.2) is 0 Å². The summed E-state index contributed by atoms with van der Waals surface area (Å²) in [6.45, 7) is 0. The van der Waals surface area contributed by atoms with E-state index in [0.717, 1.165) is 11.1 Å². The summed E-state index contributed by atoms with van der Waals surface area (Å²) >= 11 is 0. The fourth-order valence-electron chi connectivity index (χ4n) is 1.73.